The predicted octanol–water partition coefficient (Wildman–Crippen LogP) is 3.35. The molecule has 2 heteroatoms. The van der Waals surface area contributed by atoms with Crippen molar-refractivity contribution in [1.82, 2.24) is 0 Å². The zero-order chi connectivity index (χ0) is 12.5. The third kappa shape index (κ3) is 3.03. The monoisotopic (exact) mass is 239 g/mol. The summed E-state index contributed by atoms with van der Waals surface area (Å²) in [5.74, 6) is 1.57. The highest BCUT2D eigenvalue weighted by atomic mass is 16.5. The van der Waals surface area contributed by atoms with Crippen LogP contribution in [-0.2, 0) is 4.74 Å². The molecule has 1 heterocycles. The zero-order valence-corrected chi connectivity index (χ0v) is 11.8. The molecule has 1 saturated heterocycles. The molecule has 0 aromatic carbocycles. The Morgan fingerprint density at radius 2 is 1.53 bits per heavy atom. The maximum absolute atomic E-state index is 6.68. The topological polar surface area (TPSA) is 35.2 Å². The quantitative estimate of drug-likeness (QED) is 0.761. The fourth-order valence-corrected chi connectivity index (χ4v) is 3.70. The van der Waals surface area contributed by atoms with Crippen LogP contribution in [0.3, 0.4) is 0 Å². The molecule has 1 aliphatic carbocycles. The van der Waals surface area contributed by atoms with Crippen LogP contribution in [0.25, 0.3) is 0 Å². The molecule has 2 fully saturated rings. The number of ether oxygens (including phenoxy) is 1. The second-order valence-corrected chi connectivity index (χ2v) is 7.26. The van der Waals surface area contributed by atoms with Gasteiger partial charge in [0, 0.05) is 18.8 Å². The van der Waals surface area contributed by atoms with Crippen molar-refractivity contribution in [2.24, 2.45) is 23.0 Å². The van der Waals surface area contributed by atoms with E-state index in [4.69, 9.17) is 10.5 Å². The molecule has 0 bridgehead atoms. The SMILES string of the molecule is CC(C)(C)C1CCC(N)(C2CCOCC2)CC1. The fourth-order valence-electron chi connectivity index (χ4n) is 3.70. The molecule has 0 aromatic rings. The highest BCUT2D eigenvalue weighted by molar-refractivity contribution is 4.97. The van der Waals surface area contributed by atoms with Crippen LogP contribution in [-0.4, -0.2) is 18.8 Å². The Morgan fingerprint density at radius 3 is 2.00 bits per heavy atom. The maximum Gasteiger partial charge on any atom is 0.0469 e. The van der Waals surface area contributed by atoms with Crippen LogP contribution in [0, 0.1) is 17.3 Å². The fraction of sp³-hybridized carbons (Fsp3) is 1.00. The Labute approximate surface area is 106 Å². The van der Waals surface area contributed by atoms with E-state index in [1.807, 2.05) is 0 Å². The van der Waals surface area contributed by atoms with Gasteiger partial charge in [0.1, 0.15) is 0 Å². The second kappa shape index (κ2) is 4.89. The number of nitrogens with two attached hydrogens (primary N) is 1. The Balaban J connectivity index is 1.92. The maximum atomic E-state index is 6.68. The van der Waals surface area contributed by atoms with Crippen LogP contribution in [0.4, 0.5) is 0 Å². The summed E-state index contributed by atoms with van der Waals surface area (Å²) in [6.45, 7) is 8.96. The molecular formula is C15H29NO. The lowest BCUT2D eigenvalue weighted by atomic mass is 9.63. The van der Waals surface area contributed by atoms with Crippen molar-refractivity contribution >= 4 is 0 Å². The van der Waals surface area contributed by atoms with Crippen LogP contribution in [0.1, 0.15) is 59.3 Å². The lowest BCUT2D eigenvalue weighted by molar-refractivity contribution is 0.0155. The number of hydrogen-bond acceptors (Lipinski definition) is 2. The largest absolute Gasteiger partial charge is 0.381 e. The van der Waals surface area contributed by atoms with Gasteiger partial charge in [0.05, 0.1) is 0 Å². The van der Waals surface area contributed by atoms with Crippen molar-refractivity contribution in [3.63, 3.8) is 0 Å². The van der Waals surface area contributed by atoms with Gasteiger partial charge < -0.3 is 10.5 Å². The summed E-state index contributed by atoms with van der Waals surface area (Å²) in [6.07, 6.45) is 7.43. The third-order valence-corrected chi connectivity index (χ3v) is 5.18. The summed E-state index contributed by atoms with van der Waals surface area (Å²) in [5.41, 5.74) is 7.26. The van der Waals surface area contributed by atoms with Gasteiger partial charge in [0.2, 0.25) is 0 Å². The summed E-state index contributed by atoms with van der Waals surface area (Å²) in [4.78, 5) is 0. The van der Waals surface area contributed by atoms with E-state index in [0.29, 0.717) is 11.3 Å². The van der Waals surface area contributed by atoms with Crippen LogP contribution in [0.15, 0.2) is 0 Å². The lowest BCUT2D eigenvalue weighted by Crippen LogP contribution is -2.52. The summed E-state index contributed by atoms with van der Waals surface area (Å²) in [6, 6.07) is 0. The third-order valence-electron chi connectivity index (χ3n) is 5.18. The summed E-state index contributed by atoms with van der Waals surface area (Å²) in [5, 5.41) is 0. The number of hydrogen-bond donors (Lipinski definition) is 1. The molecule has 0 spiro atoms. The van der Waals surface area contributed by atoms with Gasteiger partial charge in [-0.3, -0.25) is 0 Å². The highest BCUT2D eigenvalue weighted by Gasteiger charge is 2.41. The normalized spacial score (nSPS) is 37.1. The molecule has 0 atom stereocenters. The van der Waals surface area contributed by atoms with Gasteiger partial charge in [-0.05, 0) is 55.8 Å². The van der Waals surface area contributed by atoms with Crippen molar-refractivity contribution in [2.45, 2.75) is 64.8 Å². The van der Waals surface area contributed by atoms with E-state index in [1.54, 1.807) is 0 Å². The minimum atomic E-state index is 0.117. The van der Waals surface area contributed by atoms with Gasteiger partial charge in [-0.25, -0.2) is 0 Å². The summed E-state index contributed by atoms with van der Waals surface area (Å²) >= 11 is 0. The molecule has 2 rings (SSSR count). The Bertz CT molecular complexity index is 242. The molecule has 0 aromatic heterocycles. The van der Waals surface area contributed by atoms with Gasteiger partial charge >= 0.3 is 0 Å². The van der Waals surface area contributed by atoms with Crippen molar-refractivity contribution in [3.8, 4) is 0 Å². The van der Waals surface area contributed by atoms with Crippen molar-refractivity contribution in [1.29, 1.82) is 0 Å². The predicted molar refractivity (Wildman–Crippen MR) is 71.9 cm³/mol. The van der Waals surface area contributed by atoms with Gasteiger partial charge in [-0.1, -0.05) is 20.8 Å². The van der Waals surface area contributed by atoms with Gasteiger partial charge in [0.25, 0.3) is 0 Å². The van der Waals surface area contributed by atoms with Crippen LogP contribution in [0.5, 0.6) is 0 Å². The molecule has 0 radical (unpaired) electrons. The van der Waals surface area contributed by atoms with Gasteiger partial charge in [-0.15, -0.1) is 0 Å². The first-order valence-corrected chi connectivity index (χ1v) is 7.28. The molecule has 1 saturated carbocycles. The molecule has 0 unspecified atom stereocenters. The smallest absolute Gasteiger partial charge is 0.0469 e. The van der Waals surface area contributed by atoms with Crippen molar-refractivity contribution in [2.75, 3.05) is 13.2 Å². The Hall–Kier alpha value is -0.0800. The minimum absolute atomic E-state index is 0.117. The van der Waals surface area contributed by atoms with Crippen molar-refractivity contribution in [3.05, 3.63) is 0 Å². The number of rotatable bonds is 1. The van der Waals surface area contributed by atoms with E-state index in [0.717, 1.165) is 19.1 Å². The lowest BCUT2D eigenvalue weighted by Gasteiger charge is -2.47. The van der Waals surface area contributed by atoms with E-state index in [2.05, 4.69) is 20.8 Å². The molecule has 2 aliphatic rings. The van der Waals surface area contributed by atoms with Gasteiger partial charge in [0.15, 0.2) is 0 Å². The second-order valence-electron chi connectivity index (χ2n) is 7.26. The van der Waals surface area contributed by atoms with E-state index in [9.17, 15) is 0 Å². The Kier molecular flexibility index (Phi) is 3.84. The Morgan fingerprint density at radius 1 is 1.00 bits per heavy atom. The van der Waals surface area contributed by atoms with E-state index < -0.39 is 0 Å². The average molecular weight is 239 g/mol. The molecule has 17 heavy (non-hydrogen) atoms. The van der Waals surface area contributed by atoms with E-state index in [-0.39, 0.29) is 5.54 Å². The van der Waals surface area contributed by atoms with E-state index in [1.165, 1.54) is 38.5 Å². The molecular weight excluding hydrogens is 210 g/mol. The highest BCUT2D eigenvalue weighted by Crippen LogP contribution is 2.44. The first-order chi connectivity index (χ1) is 7.92. The van der Waals surface area contributed by atoms with Crippen LogP contribution in [0.2, 0.25) is 0 Å². The average Bonchev–Trinajstić information content (AvgIpc) is 2.29. The summed E-state index contributed by atoms with van der Waals surface area (Å²) < 4.78 is 5.46. The first kappa shape index (κ1) is 13.4. The molecule has 100 valence electrons. The molecule has 2 N–H and O–H groups in total. The minimum Gasteiger partial charge on any atom is -0.381 e. The van der Waals surface area contributed by atoms with Gasteiger partial charge in [-0.2, -0.15) is 0 Å². The molecule has 0 amide bonds. The molecule has 1 aliphatic heterocycles. The molecule has 2 nitrogen and oxygen atoms in total. The first-order valence-electron chi connectivity index (χ1n) is 7.28. The van der Waals surface area contributed by atoms with E-state index >= 15 is 0 Å². The van der Waals surface area contributed by atoms with Crippen LogP contribution < -0.4 is 5.73 Å². The van der Waals surface area contributed by atoms with Crippen LogP contribution >= 0.6 is 0 Å². The zero-order valence-electron chi connectivity index (χ0n) is 11.8. The summed E-state index contributed by atoms with van der Waals surface area (Å²) in [7, 11) is 0. The van der Waals surface area contributed by atoms with Crippen molar-refractivity contribution < 1.29 is 4.74 Å². The standard InChI is InChI=1S/C15H29NO/c1-14(2,3)12-4-8-15(16,9-5-12)13-6-10-17-11-7-13/h12-13H,4-11,16H2,1-3H3.